The Balaban J connectivity index is 1.91. The van der Waals surface area contributed by atoms with E-state index in [9.17, 15) is 9.59 Å². The van der Waals surface area contributed by atoms with E-state index in [1.165, 1.54) is 0 Å². The van der Waals surface area contributed by atoms with Gasteiger partial charge in [-0.05, 0) is 39.0 Å². The lowest BCUT2D eigenvalue weighted by Gasteiger charge is -2.40. The van der Waals surface area contributed by atoms with Crippen molar-refractivity contribution in [1.29, 1.82) is 0 Å². The molecule has 0 aromatic heterocycles. The van der Waals surface area contributed by atoms with Crippen LogP contribution in [0.4, 0.5) is 0 Å². The predicted molar refractivity (Wildman–Crippen MR) is 87.8 cm³/mol. The molecule has 0 bridgehead atoms. The monoisotopic (exact) mass is 312 g/mol. The van der Waals surface area contributed by atoms with Gasteiger partial charge in [-0.2, -0.15) is 0 Å². The lowest BCUT2D eigenvalue weighted by Crippen LogP contribution is -2.38. The number of allylic oxidation sites excluding steroid dienone is 3. The topological polar surface area (TPSA) is 46.7 Å². The first-order valence-corrected chi connectivity index (χ1v) is 8.60. The highest BCUT2D eigenvalue weighted by Gasteiger charge is 2.68. The fourth-order valence-corrected chi connectivity index (χ4v) is 5.19. The Morgan fingerprint density at radius 2 is 2.04 bits per heavy atom. The summed E-state index contributed by atoms with van der Waals surface area (Å²) < 4.78 is 5.96. The van der Waals surface area contributed by atoms with Crippen molar-refractivity contribution >= 4 is 11.6 Å². The third-order valence-corrected chi connectivity index (χ3v) is 6.49. The summed E-state index contributed by atoms with van der Waals surface area (Å²) in [5.41, 5.74) is 2.97. The van der Waals surface area contributed by atoms with Crippen molar-refractivity contribution in [2.24, 2.45) is 23.7 Å². The molecule has 3 nitrogen and oxygen atoms in total. The quantitative estimate of drug-likeness (QED) is 0.550. The molecule has 6 atom stereocenters. The zero-order chi connectivity index (χ0) is 16.7. The Labute approximate surface area is 137 Å². The van der Waals surface area contributed by atoms with Crippen LogP contribution < -0.4 is 0 Å². The van der Waals surface area contributed by atoms with Crippen LogP contribution in [0.25, 0.3) is 0 Å². The van der Waals surface area contributed by atoms with Crippen LogP contribution in [0, 0.1) is 23.7 Å². The first-order chi connectivity index (χ1) is 10.8. The highest BCUT2D eigenvalue weighted by Crippen LogP contribution is 2.60. The molecule has 1 saturated heterocycles. The van der Waals surface area contributed by atoms with Gasteiger partial charge in [0.1, 0.15) is 0 Å². The Kier molecular flexibility index (Phi) is 2.97. The number of ether oxygens (including phenoxy) is 1. The van der Waals surface area contributed by atoms with Gasteiger partial charge in [-0.25, -0.2) is 0 Å². The van der Waals surface area contributed by atoms with E-state index in [0.29, 0.717) is 12.3 Å². The van der Waals surface area contributed by atoms with Crippen LogP contribution >= 0.6 is 0 Å². The number of epoxide rings is 1. The number of hydrogen-bond donors (Lipinski definition) is 0. The van der Waals surface area contributed by atoms with E-state index in [0.717, 1.165) is 35.1 Å². The summed E-state index contributed by atoms with van der Waals surface area (Å²) in [5, 5.41) is 0. The maximum Gasteiger partial charge on any atom is 0.193 e. The molecule has 0 radical (unpaired) electrons. The van der Waals surface area contributed by atoms with Crippen molar-refractivity contribution in [3.63, 3.8) is 0 Å². The third kappa shape index (κ3) is 1.80. The summed E-state index contributed by atoms with van der Waals surface area (Å²) in [5.74, 6) is 0.484. The van der Waals surface area contributed by atoms with Crippen molar-refractivity contribution in [3.05, 3.63) is 35.5 Å². The molecule has 3 heteroatoms. The van der Waals surface area contributed by atoms with E-state index in [2.05, 4.69) is 20.1 Å². The van der Waals surface area contributed by atoms with Crippen molar-refractivity contribution in [2.75, 3.05) is 0 Å². The fraction of sp³-hybridized carbons (Fsp3) is 0.600. The predicted octanol–water partition coefficient (Wildman–Crippen LogP) is 3.41. The minimum absolute atomic E-state index is 0.0313. The SMILES string of the molecule is C=C1CC[C@@H](C(=C)C)[C@H]2[C@H]1C1=C(C[C@H](C)C1=O)C(=O)[C@@]1(C)O[C@@H]21. The Hall–Kier alpha value is -1.48. The van der Waals surface area contributed by atoms with Gasteiger partial charge in [-0.15, -0.1) is 0 Å². The third-order valence-electron chi connectivity index (χ3n) is 6.49. The van der Waals surface area contributed by atoms with Gasteiger partial charge in [0.05, 0.1) is 6.10 Å². The normalized spacial score (nSPS) is 45.3. The molecule has 23 heavy (non-hydrogen) atoms. The second-order valence-corrected chi connectivity index (χ2v) is 8.04. The number of rotatable bonds is 1. The number of Topliss-reactive ketones (excluding diaryl/α,β-unsaturated/α-hetero) is 2. The van der Waals surface area contributed by atoms with Crippen LogP contribution in [-0.2, 0) is 14.3 Å². The zero-order valence-corrected chi connectivity index (χ0v) is 14.1. The van der Waals surface area contributed by atoms with Crippen molar-refractivity contribution in [2.45, 2.75) is 51.7 Å². The molecule has 0 spiro atoms. The second kappa shape index (κ2) is 4.54. The van der Waals surface area contributed by atoms with Crippen molar-refractivity contribution in [1.82, 2.24) is 0 Å². The molecular formula is C20H24O3. The number of ketones is 2. The summed E-state index contributed by atoms with van der Waals surface area (Å²) in [7, 11) is 0. The van der Waals surface area contributed by atoms with E-state index >= 15 is 0 Å². The maximum absolute atomic E-state index is 13.0. The van der Waals surface area contributed by atoms with E-state index < -0.39 is 5.60 Å². The van der Waals surface area contributed by atoms with E-state index in [-0.39, 0.29) is 35.4 Å². The largest absolute Gasteiger partial charge is 0.357 e. The molecule has 1 saturated carbocycles. The number of hydrogen-bond acceptors (Lipinski definition) is 3. The second-order valence-electron chi connectivity index (χ2n) is 8.04. The molecule has 0 aromatic carbocycles. The average Bonchev–Trinajstić information content (AvgIpc) is 3.11. The van der Waals surface area contributed by atoms with Gasteiger partial charge in [0.2, 0.25) is 0 Å². The van der Waals surface area contributed by atoms with Gasteiger partial charge in [-0.1, -0.05) is 31.2 Å². The summed E-state index contributed by atoms with van der Waals surface area (Å²) >= 11 is 0. The van der Waals surface area contributed by atoms with Crippen LogP contribution in [0.15, 0.2) is 35.5 Å². The molecule has 0 amide bonds. The molecule has 1 aliphatic heterocycles. The molecule has 0 aromatic rings. The first kappa shape index (κ1) is 15.1. The highest BCUT2D eigenvalue weighted by molar-refractivity contribution is 6.15. The molecule has 0 N–H and O–H groups in total. The molecule has 4 aliphatic rings. The minimum Gasteiger partial charge on any atom is -0.357 e. The van der Waals surface area contributed by atoms with Gasteiger partial charge in [-0.3, -0.25) is 9.59 Å². The zero-order valence-electron chi connectivity index (χ0n) is 14.1. The molecule has 4 rings (SSSR count). The van der Waals surface area contributed by atoms with Crippen LogP contribution in [0.3, 0.4) is 0 Å². The number of carbonyl (C=O) groups is 2. The molecular weight excluding hydrogens is 288 g/mol. The smallest absolute Gasteiger partial charge is 0.193 e. The van der Waals surface area contributed by atoms with Crippen LogP contribution in [0.2, 0.25) is 0 Å². The van der Waals surface area contributed by atoms with Gasteiger partial charge in [0.15, 0.2) is 17.2 Å². The number of fused-ring (bicyclic) bond motifs is 4. The lowest BCUT2D eigenvalue weighted by molar-refractivity contribution is -0.120. The molecule has 122 valence electrons. The van der Waals surface area contributed by atoms with Crippen molar-refractivity contribution in [3.8, 4) is 0 Å². The van der Waals surface area contributed by atoms with E-state index in [1.54, 1.807) is 0 Å². The highest BCUT2D eigenvalue weighted by atomic mass is 16.6. The van der Waals surface area contributed by atoms with Gasteiger partial charge < -0.3 is 4.74 Å². The summed E-state index contributed by atoms with van der Waals surface area (Å²) in [4.78, 5) is 25.8. The Bertz CT molecular complexity index is 698. The summed E-state index contributed by atoms with van der Waals surface area (Å²) in [6, 6.07) is 0. The van der Waals surface area contributed by atoms with E-state index in [1.807, 2.05) is 13.8 Å². The maximum atomic E-state index is 13.0. The average molecular weight is 312 g/mol. The summed E-state index contributed by atoms with van der Waals surface area (Å²) in [6.45, 7) is 14.3. The van der Waals surface area contributed by atoms with Crippen LogP contribution in [-0.4, -0.2) is 23.3 Å². The Morgan fingerprint density at radius 3 is 2.70 bits per heavy atom. The molecule has 2 fully saturated rings. The van der Waals surface area contributed by atoms with E-state index in [4.69, 9.17) is 4.74 Å². The number of carbonyl (C=O) groups excluding carboxylic acids is 2. The molecule has 0 unspecified atom stereocenters. The standard InChI is InChI=1S/C20H24O3/c1-9(2)12-7-6-10(3)14-15-13(8-11(4)17(15)21)18(22)20(5)19(23-20)16(12)14/h11-12,14,16,19H,1,3,6-8H2,2,4-5H3/t11-,12-,14+,16-,19-,20+/m0/s1. The summed E-state index contributed by atoms with van der Waals surface area (Å²) in [6.07, 6.45) is 2.35. The fourth-order valence-electron chi connectivity index (χ4n) is 5.19. The van der Waals surface area contributed by atoms with Crippen LogP contribution in [0.5, 0.6) is 0 Å². The van der Waals surface area contributed by atoms with Crippen molar-refractivity contribution < 1.29 is 14.3 Å². The first-order valence-electron chi connectivity index (χ1n) is 8.60. The van der Waals surface area contributed by atoms with Gasteiger partial charge in [0, 0.05) is 28.9 Å². The van der Waals surface area contributed by atoms with Gasteiger partial charge >= 0.3 is 0 Å². The Morgan fingerprint density at radius 1 is 1.35 bits per heavy atom. The van der Waals surface area contributed by atoms with Crippen LogP contribution in [0.1, 0.15) is 40.0 Å². The lowest BCUT2D eigenvalue weighted by atomic mass is 9.63. The molecule has 3 aliphatic carbocycles. The van der Waals surface area contributed by atoms with Gasteiger partial charge in [0.25, 0.3) is 0 Å². The molecule has 1 heterocycles. The minimum atomic E-state index is -0.740.